The molecule has 0 unspecified atom stereocenters. The van der Waals surface area contributed by atoms with Crippen molar-refractivity contribution < 1.29 is 13.2 Å². The number of aromatic nitrogens is 4. The second-order valence-electron chi connectivity index (χ2n) is 5.50. The highest BCUT2D eigenvalue weighted by Gasteiger charge is 2.34. The third-order valence-electron chi connectivity index (χ3n) is 3.81. The smallest absolute Gasteiger partial charge is 0.338 e. The summed E-state index contributed by atoms with van der Waals surface area (Å²) in [6, 6.07) is 0. The maximum Gasteiger partial charge on any atom is 0.432 e. The summed E-state index contributed by atoms with van der Waals surface area (Å²) < 4.78 is 37.9. The van der Waals surface area contributed by atoms with Crippen molar-refractivity contribution in [3.63, 3.8) is 0 Å². The summed E-state index contributed by atoms with van der Waals surface area (Å²) in [5, 5.41) is 0. The monoisotopic (exact) mass is 311 g/mol. The Morgan fingerprint density at radius 1 is 1.23 bits per heavy atom. The van der Waals surface area contributed by atoms with E-state index in [9.17, 15) is 13.2 Å². The van der Waals surface area contributed by atoms with Crippen LogP contribution in [0.5, 0.6) is 0 Å². The highest BCUT2D eigenvalue weighted by atomic mass is 19.4. The Labute approximate surface area is 125 Å². The van der Waals surface area contributed by atoms with Crippen LogP contribution in [0.15, 0.2) is 24.9 Å². The molecule has 0 aliphatic carbocycles. The number of piperidine rings is 1. The number of hydrogen-bond donors (Lipinski definition) is 1. The maximum absolute atomic E-state index is 12.6. The lowest BCUT2D eigenvalue weighted by molar-refractivity contribution is -0.141. The van der Waals surface area contributed by atoms with Crippen LogP contribution in [0.25, 0.3) is 0 Å². The molecule has 118 valence electrons. The number of imidazole rings is 1. The van der Waals surface area contributed by atoms with Gasteiger partial charge in [0.2, 0.25) is 0 Å². The van der Waals surface area contributed by atoms with Gasteiger partial charge >= 0.3 is 6.18 Å². The SMILES string of the molecule is FC(F)(F)c1cnc([C@@H]2CCCN(Cc3cncnc3)C2)[nH]1. The zero-order valence-corrected chi connectivity index (χ0v) is 11.8. The predicted octanol–water partition coefficient (Wildman–Crippen LogP) is 2.60. The summed E-state index contributed by atoms with van der Waals surface area (Å²) in [7, 11) is 0. The number of likely N-dealkylation sites (tertiary alicyclic amines) is 1. The van der Waals surface area contributed by atoms with Crippen LogP contribution in [0.2, 0.25) is 0 Å². The molecule has 1 N–H and O–H groups in total. The molecule has 22 heavy (non-hydrogen) atoms. The lowest BCUT2D eigenvalue weighted by Gasteiger charge is -2.31. The van der Waals surface area contributed by atoms with Crippen molar-refractivity contribution in [2.75, 3.05) is 13.1 Å². The fourth-order valence-corrected chi connectivity index (χ4v) is 2.78. The van der Waals surface area contributed by atoms with Crippen LogP contribution in [0.4, 0.5) is 13.2 Å². The molecule has 1 atom stereocenters. The van der Waals surface area contributed by atoms with Gasteiger partial charge in [-0.1, -0.05) is 0 Å². The van der Waals surface area contributed by atoms with Gasteiger partial charge in [-0.3, -0.25) is 4.90 Å². The molecule has 0 bridgehead atoms. The molecule has 8 heteroatoms. The molecule has 1 aliphatic heterocycles. The van der Waals surface area contributed by atoms with Crippen LogP contribution in [0.3, 0.4) is 0 Å². The second-order valence-corrected chi connectivity index (χ2v) is 5.50. The van der Waals surface area contributed by atoms with Gasteiger partial charge in [0.15, 0.2) is 0 Å². The number of nitrogens with zero attached hydrogens (tertiary/aromatic N) is 4. The van der Waals surface area contributed by atoms with Gasteiger partial charge in [0.25, 0.3) is 0 Å². The van der Waals surface area contributed by atoms with Crippen molar-refractivity contribution in [2.24, 2.45) is 0 Å². The van der Waals surface area contributed by atoms with Crippen LogP contribution in [0, 0.1) is 0 Å². The van der Waals surface area contributed by atoms with Gasteiger partial charge < -0.3 is 4.98 Å². The first kappa shape index (κ1) is 15.0. The van der Waals surface area contributed by atoms with Crippen molar-refractivity contribution in [3.05, 3.63) is 42.0 Å². The molecule has 1 aliphatic rings. The molecule has 0 radical (unpaired) electrons. The molecular formula is C14H16F3N5. The van der Waals surface area contributed by atoms with Gasteiger partial charge in [0, 0.05) is 37.0 Å². The lowest BCUT2D eigenvalue weighted by Crippen LogP contribution is -2.34. The summed E-state index contributed by atoms with van der Waals surface area (Å²) in [6.45, 7) is 2.29. The number of H-pyrrole nitrogens is 1. The molecule has 1 fully saturated rings. The third-order valence-corrected chi connectivity index (χ3v) is 3.81. The van der Waals surface area contributed by atoms with Crippen molar-refractivity contribution in [3.8, 4) is 0 Å². The molecular weight excluding hydrogens is 295 g/mol. The molecule has 0 saturated carbocycles. The normalized spacial score (nSPS) is 20.2. The molecule has 1 saturated heterocycles. The van der Waals surface area contributed by atoms with Crippen LogP contribution >= 0.6 is 0 Å². The average molecular weight is 311 g/mol. The standard InChI is InChI=1S/C14H16F3N5/c15-14(16,17)12-6-20-13(21-12)11-2-1-3-22(8-11)7-10-4-18-9-19-5-10/h4-6,9,11H,1-3,7-8H2,(H,20,21)/t11-/m1/s1. The molecule has 0 amide bonds. The van der Waals surface area contributed by atoms with Gasteiger partial charge in [0.1, 0.15) is 17.8 Å². The second kappa shape index (κ2) is 6.04. The van der Waals surface area contributed by atoms with Crippen LogP contribution in [-0.2, 0) is 12.7 Å². The van der Waals surface area contributed by atoms with E-state index in [1.54, 1.807) is 12.4 Å². The largest absolute Gasteiger partial charge is 0.432 e. The van der Waals surface area contributed by atoms with E-state index in [4.69, 9.17) is 0 Å². The molecule has 3 heterocycles. The summed E-state index contributed by atoms with van der Waals surface area (Å²) in [5.74, 6) is 0.413. The fourth-order valence-electron chi connectivity index (χ4n) is 2.78. The van der Waals surface area contributed by atoms with E-state index >= 15 is 0 Å². The first-order valence-corrected chi connectivity index (χ1v) is 7.10. The van der Waals surface area contributed by atoms with E-state index in [1.165, 1.54) is 6.33 Å². The van der Waals surface area contributed by atoms with Crippen LogP contribution < -0.4 is 0 Å². The summed E-state index contributed by atoms with van der Waals surface area (Å²) in [5.41, 5.74) is 0.217. The Kier molecular flexibility index (Phi) is 4.10. The number of rotatable bonds is 3. The third kappa shape index (κ3) is 3.44. The molecule has 5 nitrogen and oxygen atoms in total. The predicted molar refractivity (Wildman–Crippen MR) is 72.9 cm³/mol. The topological polar surface area (TPSA) is 57.7 Å². The van der Waals surface area contributed by atoms with Crippen molar-refractivity contribution in [1.29, 1.82) is 0 Å². The number of nitrogens with one attached hydrogen (secondary N) is 1. The van der Waals surface area contributed by atoms with E-state index in [0.717, 1.165) is 31.1 Å². The highest BCUT2D eigenvalue weighted by molar-refractivity contribution is 5.10. The Balaban J connectivity index is 1.67. The Bertz CT molecular complexity index is 610. The first-order valence-electron chi connectivity index (χ1n) is 7.10. The number of aromatic amines is 1. The van der Waals surface area contributed by atoms with Gasteiger partial charge in [-0.2, -0.15) is 13.2 Å². The molecule has 2 aromatic rings. The number of alkyl halides is 3. The fraction of sp³-hybridized carbons (Fsp3) is 0.500. The summed E-state index contributed by atoms with van der Waals surface area (Å²) >= 11 is 0. The lowest BCUT2D eigenvalue weighted by atomic mass is 9.97. The van der Waals surface area contributed by atoms with Crippen LogP contribution in [0.1, 0.15) is 35.8 Å². The van der Waals surface area contributed by atoms with Crippen molar-refractivity contribution in [1.82, 2.24) is 24.8 Å². The van der Waals surface area contributed by atoms with E-state index < -0.39 is 11.9 Å². The Hall–Kier alpha value is -1.96. The highest BCUT2D eigenvalue weighted by Crippen LogP contribution is 2.31. The van der Waals surface area contributed by atoms with Gasteiger partial charge in [-0.05, 0) is 19.4 Å². The van der Waals surface area contributed by atoms with E-state index in [2.05, 4.69) is 24.8 Å². The molecule has 0 spiro atoms. The quantitative estimate of drug-likeness (QED) is 0.946. The van der Waals surface area contributed by atoms with Crippen molar-refractivity contribution >= 4 is 0 Å². The van der Waals surface area contributed by atoms with Gasteiger partial charge in [-0.25, -0.2) is 15.0 Å². The molecule has 3 rings (SSSR count). The zero-order chi connectivity index (χ0) is 15.6. The number of halogens is 3. The van der Waals surface area contributed by atoms with Gasteiger partial charge in [-0.15, -0.1) is 0 Å². The Morgan fingerprint density at radius 3 is 2.68 bits per heavy atom. The average Bonchev–Trinajstić information content (AvgIpc) is 2.99. The van der Waals surface area contributed by atoms with E-state index in [0.29, 0.717) is 18.9 Å². The summed E-state index contributed by atoms with van der Waals surface area (Å²) in [4.78, 5) is 16.5. The van der Waals surface area contributed by atoms with Gasteiger partial charge in [0.05, 0.1) is 6.20 Å². The molecule has 0 aromatic carbocycles. The molecule has 2 aromatic heterocycles. The van der Waals surface area contributed by atoms with Crippen molar-refractivity contribution in [2.45, 2.75) is 31.5 Å². The zero-order valence-electron chi connectivity index (χ0n) is 11.8. The Morgan fingerprint density at radius 2 is 2.00 bits per heavy atom. The first-order chi connectivity index (χ1) is 10.5. The summed E-state index contributed by atoms with van der Waals surface area (Å²) in [6.07, 6.45) is 3.26. The maximum atomic E-state index is 12.6. The minimum atomic E-state index is -4.37. The van der Waals surface area contributed by atoms with E-state index in [1.807, 2.05) is 0 Å². The number of hydrogen-bond acceptors (Lipinski definition) is 4. The minimum absolute atomic E-state index is 0.00511. The van der Waals surface area contributed by atoms with Crippen LogP contribution in [-0.4, -0.2) is 37.9 Å². The van der Waals surface area contributed by atoms with E-state index in [-0.39, 0.29) is 5.92 Å². The minimum Gasteiger partial charge on any atom is -0.338 e.